The number of nitro benzene ring substituents is 1. The lowest BCUT2D eigenvalue weighted by atomic mass is 9.92. The molecule has 0 saturated carbocycles. The summed E-state index contributed by atoms with van der Waals surface area (Å²) in [5.41, 5.74) is -0.0528. The van der Waals surface area contributed by atoms with Crippen molar-refractivity contribution in [2.24, 2.45) is 0 Å². The van der Waals surface area contributed by atoms with Crippen molar-refractivity contribution in [3.63, 3.8) is 0 Å². The molecule has 496 valence electrons. The fourth-order valence-electron chi connectivity index (χ4n) is 12.5. The largest absolute Gasteiger partial charge is 0.490 e. The molecule has 9 nitrogen and oxygen atoms in total. The minimum atomic E-state index is -0.214. The van der Waals surface area contributed by atoms with Crippen LogP contribution >= 0.6 is 0 Å². The van der Waals surface area contributed by atoms with E-state index in [2.05, 4.69) is 71.9 Å². The summed E-state index contributed by atoms with van der Waals surface area (Å²) in [5.74, 6) is 3.37. The molecule has 4 rings (SSSR count). The first-order valence-corrected chi connectivity index (χ1v) is 37.4. The molecule has 0 atom stereocenters. The van der Waals surface area contributed by atoms with Crippen molar-refractivity contribution >= 4 is 38.0 Å². The molecule has 0 aliphatic carbocycles. The minimum Gasteiger partial charge on any atom is -0.490 e. The van der Waals surface area contributed by atoms with E-state index in [0.717, 1.165) is 117 Å². The highest BCUT2D eigenvalue weighted by Crippen LogP contribution is 2.52. The molecule has 0 aliphatic rings. The number of nitrogens with zero attached hydrogens (tertiary/aromatic N) is 1. The first-order chi connectivity index (χ1) is 42.9. The summed E-state index contributed by atoms with van der Waals surface area (Å²) in [5, 5.41) is 18.9. The topological polar surface area (TPSA) is 98.5 Å². The summed E-state index contributed by atoms with van der Waals surface area (Å²) in [7, 11) is 0. The van der Waals surface area contributed by atoms with E-state index in [9.17, 15) is 10.1 Å². The van der Waals surface area contributed by atoms with Gasteiger partial charge in [-0.15, -0.1) is 0 Å². The number of benzene rings is 4. The van der Waals surface area contributed by atoms with Gasteiger partial charge >= 0.3 is 5.69 Å². The molecule has 0 aliphatic heterocycles. The van der Waals surface area contributed by atoms with Crippen molar-refractivity contribution in [1.29, 1.82) is 0 Å². The summed E-state index contributed by atoms with van der Waals surface area (Å²) >= 11 is 0. The van der Waals surface area contributed by atoms with Crippen LogP contribution in [0.3, 0.4) is 0 Å². The van der Waals surface area contributed by atoms with Gasteiger partial charge in [0.15, 0.2) is 28.7 Å². The van der Waals surface area contributed by atoms with Gasteiger partial charge in [-0.05, 0) is 85.0 Å². The molecule has 0 bridgehead atoms. The lowest BCUT2D eigenvalue weighted by Gasteiger charge is -2.21. The summed E-state index contributed by atoms with van der Waals surface area (Å²) < 4.78 is 41.0. The molecule has 0 saturated heterocycles. The van der Waals surface area contributed by atoms with Gasteiger partial charge in [-0.25, -0.2) is 0 Å². The second-order valence-corrected chi connectivity index (χ2v) is 25.9. The molecule has 4 aromatic rings. The second kappa shape index (κ2) is 50.6. The Morgan fingerprint density at radius 3 is 0.678 bits per heavy atom. The molecule has 87 heavy (non-hydrogen) atoms. The monoisotopic (exact) mass is 1210 g/mol. The summed E-state index contributed by atoms with van der Waals surface area (Å²) in [6.45, 7) is 16.7. The highest BCUT2D eigenvalue weighted by Gasteiger charge is 2.30. The van der Waals surface area contributed by atoms with Crippen molar-refractivity contribution in [3.05, 3.63) is 40.4 Å². The average molecular weight is 1210 g/mol. The Hall–Kier alpha value is -4.14. The van der Waals surface area contributed by atoms with Gasteiger partial charge in [-0.2, -0.15) is 0 Å². The molecule has 9 heteroatoms. The second-order valence-electron chi connectivity index (χ2n) is 25.9. The standard InChI is InChI=1S/C78H131NO8/c1-7-13-19-25-31-37-43-49-55-82-71-61-66-67-62-73(84-57-51-45-39-33-27-21-15-9-3)74(85-58-52-46-40-34-28-22-16-10-4)64-69(67)76-70(68(66)63-72(71)83-56-50-44-38-32-26-20-14-8-2)65-75(86-59-53-47-41-35-29-23-17-11-5)78(77(76)79(80)81)87-60-54-48-42-36-30-24-18-12-6/h61-65H,7-60H2,1-6H3. The highest BCUT2D eigenvalue weighted by molar-refractivity contribution is 6.29. The zero-order valence-corrected chi connectivity index (χ0v) is 57.3. The van der Waals surface area contributed by atoms with E-state index in [4.69, 9.17) is 28.4 Å². The average Bonchev–Trinajstić information content (AvgIpc) is 0.763. The quantitative estimate of drug-likeness (QED) is 0.0187. The van der Waals surface area contributed by atoms with Crippen LogP contribution in [0.2, 0.25) is 0 Å². The fourth-order valence-corrected chi connectivity index (χ4v) is 12.5. The van der Waals surface area contributed by atoms with Crippen LogP contribution in [0.5, 0.6) is 34.5 Å². The lowest BCUT2D eigenvalue weighted by molar-refractivity contribution is -0.384. The van der Waals surface area contributed by atoms with Gasteiger partial charge in [-0.3, -0.25) is 10.1 Å². The third-order valence-corrected chi connectivity index (χ3v) is 17.9. The first kappa shape index (κ1) is 75.3. The Morgan fingerprint density at radius 1 is 0.253 bits per heavy atom. The SMILES string of the molecule is CCCCCCCCCCOc1cc2c3cc(OCCCCCCCCCC)c(OCCCCCCCCCC)cc3c3c([N+](=O)[O-])c(OCCCCCCCCCC)c(OCCCCCCCCCC)cc3c2cc1OCCCCCCCCCC. The smallest absolute Gasteiger partial charge is 0.323 e. The maximum atomic E-state index is 14.2. The van der Waals surface area contributed by atoms with Gasteiger partial charge in [0.05, 0.1) is 50.0 Å². The fraction of sp³-hybridized carbons (Fsp3) is 0.769. The Bertz CT molecular complexity index is 2280. The number of hydrogen-bond acceptors (Lipinski definition) is 8. The molecule has 0 fully saturated rings. The highest BCUT2D eigenvalue weighted by atomic mass is 16.6. The van der Waals surface area contributed by atoms with Crippen LogP contribution in [0, 0.1) is 10.1 Å². The zero-order chi connectivity index (χ0) is 62.0. The molecule has 4 aromatic carbocycles. The summed E-state index contributed by atoms with van der Waals surface area (Å²) in [6, 6.07) is 10.5. The predicted molar refractivity (Wildman–Crippen MR) is 374 cm³/mol. The number of hydrogen-bond donors (Lipinski definition) is 0. The summed E-state index contributed by atoms with van der Waals surface area (Å²) in [4.78, 5) is 14.0. The number of ether oxygens (including phenoxy) is 6. The predicted octanol–water partition coefficient (Wildman–Crippen LogP) is 26.2. The van der Waals surface area contributed by atoms with Gasteiger partial charge in [0.2, 0.25) is 5.75 Å². The van der Waals surface area contributed by atoms with Gasteiger partial charge in [0, 0.05) is 10.8 Å². The van der Waals surface area contributed by atoms with E-state index in [1.807, 2.05) is 0 Å². The van der Waals surface area contributed by atoms with Crippen LogP contribution in [0.25, 0.3) is 32.3 Å². The maximum absolute atomic E-state index is 14.2. The normalized spacial score (nSPS) is 11.6. The molecular weight excluding hydrogens is 1080 g/mol. The van der Waals surface area contributed by atoms with Gasteiger partial charge in [0.25, 0.3) is 0 Å². The number of unbranched alkanes of at least 4 members (excludes halogenated alkanes) is 42. The molecule has 0 amide bonds. The van der Waals surface area contributed by atoms with Gasteiger partial charge in [-0.1, -0.05) is 311 Å². The van der Waals surface area contributed by atoms with Gasteiger partial charge in [0.1, 0.15) is 0 Å². The number of rotatable bonds is 61. The lowest BCUT2D eigenvalue weighted by Crippen LogP contribution is -2.07. The first-order valence-electron chi connectivity index (χ1n) is 37.4. The van der Waals surface area contributed by atoms with E-state index in [1.165, 1.54) is 218 Å². The van der Waals surface area contributed by atoms with Gasteiger partial charge < -0.3 is 28.4 Å². The molecule has 0 aromatic heterocycles. The molecule has 0 heterocycles. The molecule has 0 radical (unpaired) electrons. The third kappa shape index (κ3) is 31.0. The zero-order valence-electron chi connectivity index (χ0n) is 57.3. The Morgan fingerprint density at radius 2 is 0.437 bits per heavy atom. The van der Waals surface area contributed by atoms with Crippen LogP contribution in [0.15, 0.2) is 30.3 Å². The summed E-state index contributed by atoms with van der Waals surface area (Å²) in [6.07, 6.45) is 57.3. The van der Waals surface area contributed by atoms with Crippen molar-refractivity contribution in [3.8, 4) is 34.5 Å². The Balaban J connectivity index is 1.92. The molecule has 0 spiro atoms. The molecule has 0 N–H and O–H groups in total. The van der Waals surface area contributed by atoms with E-state index in [1.54, 1.807) is 0 Å². The maximum Gasteiger partial charge on any atom is 0.323 e. The molecular formula is C78H131NO8. The van der Waals surface area contributed by atoms with E-state index in [-0.39, 0.29) is 16.4 Å². The minimum absolute atomic E-state index is 0.0528. The van der Waals surface area contributed by atoms with Crippen LogP contribution < -0.4 is 28.4 Å². The van der Waals surface area contributed by atoms with Crippen molar-refractivity contribution in [2.45, 2.75) is 350 Å². The van der Waals surface area contributed by atoms with Crippen LogP contribution in [0.1, 0.15) is 350 Å². The van der Waals surface area contributed by atoms with Crippen molar-refractivity contribution in [1.82, 2.24) is 0 Å². The van der Waals surface area contributed by atoms with E-state index in [0.29, 0.717) is 73.8 Å². The Labute approximate surface area is 533 Å². The Kier molecular flexibility index (Phi) is 43.8. The van der Waals surface area contributed by atoms with Crippen LogP contribution in [-0.2, 0) is 0 Å². The van der Waals surface area contributed by atoms with Crippen LogP contribution in [0.4, 0.5) is 5.69 Å². The third-order valence-electron chi connectivity index (χ3n) is 17.9. The van der Waals surface area contributed by atoms with E-state index >= 15 is 0 Å². The van der Waals surface area contributed by atoms with Crippen LogP contribution in [-0.4, -0.2) is 44.6 Å². The number of fused-ring (bicyclic) bond motifs is 6. The van der Waals surface area contributed by atoms with E-state index < -0.39 is 0 Å². The van der Waals surface area contributed by atoms with Crippen molar-refractivity contribution < 1.29 is 33.3 Å². The molecule has 0 unspecified atom stereocenters. The number of nitro groups is 1. The van der Waals surface area contributed by atoms with Crippen molar-refractivity contribution in [2.75, 3.05) is 39.6 Å².